The number of ether oxygens (including phenoxy) is 1. The Kier molecular flexibility index (Phi) is 7.78. The smallest absolute Gasteiger partial charge is 0.256 e. The van der Waals surface area contributed by atoms with Crippen molar-refractivity contribution in [3.05, 3.63) is 108 Å². The Morgan fingerprint density at radius 3 is 2.34 bits per heavy atom. The van der Waals surface area contributed by atoms with Gasteiger partial charge in [-0.25, -0.2) is 0 Å². The maximum Gasteiger partial charge on any atom is 0.256 e. The molecule has 0 bridgehead atoms. The fourth-order valence-corrected chi connectivity index (χ4v) is 3.79. The first-order chi connectivity index (χ1) is 17.0. The van der Waals surface area contributed by atoms with Crippen LogP contribution in [-0.2, 0) is 6.42 Å². The molecule has 0 atom stereocenters. The van der Waals surface area contributed by atoms with Gasteiger partial charge in [0.2, 0.25) is 0 Å². The second kappa shape index (κ2) is 11.3. The summed E-state index contributed by atoms with van der Waals surface area (Å²) in [7, 11) is 0. The largest absolute Gasteiger partial charge is 0.491 e. The molecular formula is C30H31N3O2. The molecule has 178 valence electrons. The molecule has 4 aromatic rings. The van der Waals surface area contributed by atoms with Crippen LogP contribution in [0.1, 0.15) is 35.5 Å². The molecule has 5 heteroatoms. The molecule has 3 aromatic carbocycles. The summed E-state index contributed by atoms with van der Waals surface area (Å²) in [5, 5.41) is 6.43. The fourth-order valence-electron chi connectivity index (χ4n) is 3.79. The van der Waals surface area contributed by atoms with E-state index in [1.807, 2.05) is 99.8 Å². The van der Waals surface area contributed by atoms with Crippen molar-refractivity contribution >= 4 is 17.3 Å². The number of amides is 1. The van der Waals surface area contributed by atoms with Crippen molar-refractivity contribution in [3.63, 3.8) is 0 Å². The maximum atomic E-state index is 13.3. The Morgan fingerprint density at radius 1 is 0.914 bits per heavy atom. The molecule has 4 rings (SSSR count). The van der Waals surface area contributed by atoms with E-state index in [-0.39, 0.29) is 12.0 Å². The Morgan fingerprint density at radius 2 is 1.66 bits per heavy atom. The molecule has 0 aliphatic rings. The van der Waals surface area contributed by atoms with Crippen LogP contribution in [0.4, 0.5) is 11.4 Å². The second-order valence-electron chi connectivity index (χ2n) is 8.77. The normalized spacial score (nSPS) is 10.7. The van der Waals surface area contributed by atoms with E-state index >= 15 is 0 Å². The van der Waals surface area contributed by atoms with Crippen LogP contribution in [0.5, 0.6) is 5.75 Å². The quantitative estimate of drug-likeness (QED) is 0.287. The summed E-state index contributed by atoms with van der Waals surface area (Å²) in [6.07, 6.45) is 2.67. The van der Waals surface area contributed by atoms with Crippen molar-refractivity contribution in [1.29, 1.82) is 0 Å². The molecule has 35 heavy (non-hydrogen) atoms. The fraction of sp³-hybridized carbons (Fsp3) is 0.200. The summed E-state index contributed by atoms with van der Waals surface area (Å²) in [5.74, 6) is 0.499. The summed E-state index contributed by atoms with van der Waals surface area (Å²) in [6, 6.07) is 27.5. The minimum atomic E-state index is -0.175. The number of carbonyl (C=O) groups excluding carboxylic acids is 1. The lowest BCUT2D eigenvalue weighted by molar-refractivity contribution is 0.102. The minimum Gasteiger partial charge on any atom is -0.491 e. The van der Waals surface area contributed by atoms with Gasteiger partial charge in [-0.05, 0) is 86.5 Å². The third-order valence-corrected chi connectivity index (χ3v) is 5.55. The van der Waals surface area contributed by atoms with Gasteiger partial charge >= 0.3 is 0 Å². The third kappa shape index (κ3) is 6.70. The molecule has 0 radical (unpaired) electrons. The van der Waals surface area contributed by atoms with Gasteiger partial charge in [-0.2, -0.15) is 0 Å². The van der Waals surface area contributed by atoms with Gasteiger partial charge in [-0.3, -0.25) is 9.78 Å². The number of hydrogen-bond donors (Lipinski definition) is 2. The maximum absolute atomic E-state index is 13.3. The van der Waals surface area contributed by atoms with Gasteiger partial charge in [0.25, 0.3) is 5.91 Å². The van der Waals surface area contributed by atoms with Crippen LogP contribution < -0.4 is 15.4 Å². The highest BCUT2D eigenvalue weighted by molar-refractivity contribution is 6.09. The number of anilines is 2. The zero-order valence-electron chi connectivity index (χ0n) is 20.4. The zero-order chi connectivity index (χ0) is 24.6. The van der Waals surface area contributed by atoms with Crippen LogP contribution in [0.25, 0.3) is 11.1 Å². The molecule has 0 saturated heterocycles. The highest BCUT2D eigenvalue weighted by Gasteiger charge is 2.15. The summed E-state index contributed by atoms with van der Waals surface area (Å²) >= 11 is 0. The van der Waals surface area contributed by atoms with Crippen LogP contribution in [0.15, 0.2) is 91.1 Å². The number of nitrogens with zero attached hydrogens (tertiary/aromatic N) is 1. The van der Waals surface area contributed by atoms with Gasteiger partial charge in [-0.15, -0.1) is 0 Å². The van der Waals surface area contributed by atoms with Crippen molar-refractivity contribution < 1.29 is 9.53 Å². The molecule has 1 aromatic heterocycles. The predicted molar refractivity (Wildman–Crippen MR) is 143 cm³/mol. The molecule has 0 unspecified atom stereocenters. The number of benzene rings is 3. The van der Waals surface area contributed by atoms with Crippen LogP contribution in [0.3, 0.4) is 0 Å². The van der Waals surface area contributed by atoms with E-state index in [0.717, 1.165) is 41.2 Å². The molecule has 0 fully saturated rings. The molecule has 5 nitrogen and oxygen atoms in total. The SMILES string of the molecule is Cc1ccc(-c2ccc(OC(C)C)cc2C(=O)Nc2ccc(NCCc3ccccn3)cc2)cc1. The van der Waals surface area contributed by atoms with Gasteiger partial charge < -0.3 is 15.4 Å². The highest BCUT2D eigenvalue weighted by Crippen LogP contribution is 2.29. The van der Waals surface area contributed by atoms with Crippen LogP contribution in [-0.4, -0.2) is 23.5 Å². The topological polar surface area (TPSA) is 63.2 Å². The van der Waals surface area contributed by atoms with Crippen molar-refractivity contribution in [2.45, 2.75) is 33.3 Å². The van der Waals surface area contributed by atoms with Crippen molar-refractivity contribution in [3.8, 4) is 16.9 Å². The first-order valence-corrected chi connectivity index (χ1v) is 11.9. The van der Waals surface area contributed by atoms with Crippen LogP contribution in [0.2, 0.25) is 0 Å². The average Bonchev–Trinajstić information content (AvgIpc) is 2.86. The average molecular weight is 466 g/mol. The first kappa shape index (κ1) is 24.0. The van der Waals surface area contributed by atoms with E-state index in [2.05, 4.69) is 27.8 Å². The zero-order valence-corrected chi connectivity index (χ0v) is 20.4. The Labute approximate surface area is 207 Å². The Bertz CT molecular complexity index is 1250. The minimum absolute atomic E-state index is 0.0221. The van der Waals surface area contributed by atoms with Gasteiger partial charge in [0, 0.05) is 36.2 Å². The lowest BCUT2D eigenvalue weighted by atomic mass is 9.98. The lowest BCUT2D eigenvalue weighted by Gasteiger charge is -2.15. The van der Waals surface area contributed by atoms with Gasteiger partial charge in [0.05, 0.1) is 11.7 Å². The number of hydrogen-bond acceptors (Lipinski definition) is 4. The van der Waals surface area contributed by atoms with E-state index in [9.17, 15) is 4.79 Å². The number of carbonyl (C=O) groups is 1. The van der Waals surface area contributed by atoms with E-state index in [1.165, 1.54) is 5.56 Å². The van der Waals surface area contributed by atoms with Crippen molar-refractivity contribution in [1.82, 2.24) is 4.98 Å². The van der Waals surface area contributed by atoms with Gasteiger partial charge in [0.15, 0.2) is 0 Å². The molecule has 0 aliphatic heterocycles. The summed E-state index contributed by atoms with van der Waals surface area (Å²) < 4.78 is 5.86. The first-order valence-electron chi connectivity index (χ1n) is 11.9. The van der Waals surface area contributed by atoms with E-state index < -0.39 is 0 Å². The van der Waals surface area contributed by atoms with E-state index in [4.69, 9.17) is 4.74 Å². The number of pyridine rings is 1. The number of aryl methyl sites for hydroxylation is 1. The standard InChI is InChI=1S/C30H31N3O2/c1-21(2)35-27-15-16-28(23-9-7-22(3)8-10-23)29(20-27)30(34)33-26-13-11-25(12-14-26)32-19-17-24-6-4-5-18-31-24/h4-16,18,20-21,32H,17,19H2,1-3H3,(H,33,34). The van der Waals surface area contributed by atoms with E-state index in [0.29, 0.717) is 11.3 Å². The molecule has 1 amide bonds. The third-order valence-electron chi connectivity index (χ3n) is 5.55. The molecule has 1 heterocycles. The lowest BCUT2D eigenvalue weighted by Crippen LogP contribution is -2.14. The number of aromatic nitrogens is 1. The van der Waals surface area contributed by atoms with Crippen LogP contribution in [0, 0.1) is 6.92 Å². The monoisotopic (exact) mass is 465 g/mol. The van der Waals surface area contributed by atoms with Crippen molar-refractivity contribution in [2.75, 3.05) is 17.2 Å². The summed E-state index contributed by atoms with van der Waals surface area (Å²) in [4.78, 5) is 17.7. The van der Waals surface area contributed by atoms with Crippen molar-refractivity contribution in [2.24, 2.45) is 0 Å². The summed E-state index contributed by atoms with van der Waals surface area (Å²) in [5.41, 5.74) is 6.38. The molecule has 0 aliphatic carbocycles. The Balaban J connectivity index is 1.47. The number of rotatable bonds is 9. The van der Waals surface area contributed by atoms with Crippen LogP contribution >= 0.6 is 0 Å². The molecule has 2 N–H and O–H groups in total. The Hall–Kier alpha value is -4.12. The molecule has 0 saturated carbocycles. The number of nitrogens with one attached hydrogen (secondary N) is 2. The second-order valence-corrected chi connectivity index (χ2v) is 8.77. The molecular weight excluding hydrogens is 434 g/mol. The predicted octanol–water partition coefficient (Wildman–Crippen LogP) is 6.75. The van der Waals surface area contributed by atoms with E-state index in [1.54, 1.807) is 0 Å². The van der Waals surface area contributed by atoms with Gasteiger partial charge in [0.1, 0.15) is 5.75 Å². The summed E-state index contributed by atoms with van der Waals surface area (Å²) in [6.45, 7) is 6.78. The van der Waals surface area contributed by atoms with Gasteiger partial charge in [-0.1, -0.05) is 35.9 Å². The highest BCUT2D eigenvalue weighted by atomic mass is 16.5. The molecule has 0 spiro atoms.